The molecule has 2 heterocycles. The first-order valence-electron chi connectivity index (χ1n) is 9.09. The number of aliphatic hydroxyl groups excluding tert-OH is 3. The number of hydrogen-bond donors (Lipinski definition) is 6. The van der Waals surface area contributed by atoms with Crippen molar-refractivity contribution in [1.82, 2.24) is 0 Å². The molecule has 2 aliphatic rings. The summed E-state index contributed by atoms with van der Waals surface area (Å²) < 4.78 is 57.3. The van der Waals surface area contributed by atoms with Gasteiger partial charge in [-0.1, -0.05) is 17.0 Å². The van der Waals surface area contributed by atoms with Gasteiger partial charge in [-0.05, 0) is 0 Å². The van der Waals surface area contributed by atoms with Gasteiger partial charge in [-0.25, -0.2) is 19.6 Å². The van der Waals surface area contributed by atoms with Crippen LogP contribution in [-0.4, -0.2) is 114 Å². The zero-order valence-electron chi connectivity index (χ0n) is 16.8. The van der Waals surface area contributed by atoms with Crippen LogP contribution in [0.1, 0.15) is 6.92 Å². The lowest BCUT2D eigenvalue weighted by atomic mass is 9.90. The van der Waals surface area contributed by atoms with Crippen LogP contribution in [0.2, 0.25) is 0 Å². The smallest absolute Gasteiger partial charge is 0.394 e. The van der Waals surface area contributed by atoms with E-state index in [9.17, 15) is 23.7 Å². The average Bonchev–Trinajstić information content (AvgIpc) is 2.74. The van der Waals surface area contributed by atoms with Crippen molar-refractivity contribution in [1.29, 1.82) is 0 Å². The second-order valence-corrected chi connectivity index (χ2v) is 7.98. The van der Waals surface area contributed by atoms with Gasteiger partial charge in [0.05, 0.1) is 12.7 Å². The molecule has 4 unspecified atom stereocenters. The van der Waals surface area contributed by atoms with Crippen LogP contribution in [0.3, 0.4) is 0 Å². The van der Waals surface area contributed by atoms with Gasteiger partial charge in [0.25, 0.3) is 0 Å². The summed E-state index contributed by atoms with van der Waals surface area (Å²) in [4.78, 5) is 9.05. The minimum atomic E-state index is -5.09. The largest absolute Gasteiger partial charge is 0.397 e. The van der Waals surface area contributed by atoms with Gasteiger partial charge in [-0.2, -0.15) is 13.3 Å². The third-order valence-electron chi connectivity index (χ3n) is 5.01. The molecule has 0 saturated carbocycles. The Bertz CT molecular complexity index is 662. The van der Waals surface area contributed by atoms with E-state index in [1.54, 1.807) is 0 Å². The summed E-state index contributed by atoms with van der Waals surface area (Å²) in [6.45, 7) is 0.203. The molecule has 6 N–H and O–H groups in total. The highest BCUT2D eigenvalue weighted by Crippen LogP contribution is 2.34. The Kier molecular flexibility index (Phi) is 10.5. The second kappa shape index (κ2) is 12.2. The van der Waals surface area contributed by atoms with Crippen LogP contribution in [0.4, 0.5) is 0 Å². The van der Waals surface area contributed by atoms with Gasteiger partial charge in [-0.3, -0.25) is 4.55 Å². The van der Waals surface area contributed by atoms with Gasteiger partial charge in [0.15, 0.2) is 24.8 Å². The summed E-state index contributed by atoms with van der Waals surface area (Å²) in [6.07, 6.45) is -13.6. The zero-order chi connectivity index (χ0) is 24.1. The lowest BCUT2D eigenvalue weighted by Crippen LogP contribution is -2.64. The SMILES string of the molecule is CO[C@@H]1OC(COOO)[C@H](O[C@@H]2OC(CO)[C@H](O)[C@H](C)C2OOO)[C@H](O)C1OS(=O)(=O)O. The van der Waals surface area contributed by atoms with Crippen molar-refractivity contribution >= 4 is 10.4 Å². The fourth-order valence-corrected chi connectivity index (χ4v) is 3.92. The van der Waals surface area contributed by atoms with Crippen LogP contribution in [0.5, 0.6) is 0 Å². The topological polar surface area (TPSA) is 239 Å². The van der Waals surface area contributed by atoms with Crippen molar-refractivity contribution in [3.63, 3.8) is 0 Å². The number of hydrogen-bond acceptors (Lipinski definition) is 16. The van der Waals surface area contributed by atoms with Crippen molar-refractivity contribution in [2.75, 3.05) is 20.3 Å². The highest BCUT2D eigenvalue weighted by molar-refractivity contribution is 7.80. The summed E-state index contributed by atoms with van der Waals surface area (Å²) in [7, 11) is -4.00. The number of ether oxygens (including phenoxy) is 4. The molecule has 0 aliphatic carbocycles. The first kappa shape index (κ1) is 27.6. The Morgan fingerprint density at radius 2 is 1.59 bits per heavy atom. The van der Waals surface area contributed by atoms with Crippen molar-refractivity contribution < 1.29 is 81.8 Å². The Morgan fingerprint density at radius 1 is 0.938 bits per heavy atom. The van der Waals surface area contributed by atoms with Gasteiger partial charge < -0.3 is 34.3 Å². The zero-order valence-corrected chi connectivity index (χ0v) is 17.6. The predicted octanol–water partition coefficient (Wildman–Crippen LogP) is -2.78. The molecule has 2 aliphatic heterocycles. The van der Waals surface area contributed by atoms with E-state index in [2.05, 4.69) is 24.0 Å². The van der Waals surface area contributed by atoms with Crippen LogP contribution < -0.4 is 0 Å². The van der Waals surface area contributed by atoms with Crippen LogP contribution in [-0.2, 0) is 53.4 Å². The summed E-state index contributed by atoms with van der Waals surface area (Å²) in [6, 6.07) is 0. The third-order valence-corrected chi connectivity index (χ3v) is 5.47. The van der Waals surface area contributed by atoms with Crippen molar-refractivity contribution in [2.45, 2.75) is 62.2 Å². The molecule has 190 valence electrons. The third kappa shape index (κ3) is 6.70. The monoisotopic (exact) mass is 498 g/mol. The predicted molar refractivity (Wildman–Crippen MR) is 92.1 cm³/mol. The van der Waals surface area contributed by atoms with Crippen LogP contribution >= 0.6 is 0 Å². The van der Waals surface area contributed by atoms with E-state index in [0.29, 0.717) is 0 Å². The highest BCUT2D eigenvalue weighted by Gasteiger charge is 2.53. The fraction of sp³-hybridized carbons (Fsp3) is 1.00. The summed E-state index contributed by atoms with van der Waals surface area (Å²) in [5.41, 5.74) is 0. The highest BCUT2D eigenvalue weighted by atomic mass is 32.3. The molecule has 2 rings (SSSR count). The minimum Gasteiger partial charge on any atom is -0.394 e. The fourth-order valence-electron chi connectivity index (χ4n) is 3.44. The van der Waals surface area contributed by atoms with Crippen molar-refractivity contribution in [3.8, 4) is 0 Å². The van der Waals surface area contributed by atoms with Crippen LogP contribution in [0.25, 0.3) is 0 Å². The maximum absolute atomic E-state index is 11.2. The molecule has 10 atom stereocenters. The van der Waals surface area contributed by atoms with Gasteiger partial charge >= 0.3 is 10.4 Å². The van der Waals surface area contributed by atoms with E-state index in [1.807, 2.05) is 0 Å². The molecule has 0 aromatic heterocycles. The number of rotatable bonds is 11. The first-order valence-corrected chi connectivity index (χ1v) is 10.5. The van der Waals surface area contributed by atoms with Crippen LogP contribution in [0.15, 0.2) is 0 Å². The molecule has 2 saturated heterocycles. The summed E-state index contributed by atoms with van der Waals surface area (Å²) in [5.74, 6) is -0.855. The van der Waals surface area contributed by atoms with E-state index in [4.69, 9.17) is 34.0 Å². The molecule has 18 heteroatoms. The lowest BCUT2D eigenvalue weighted by molar-refractivity contribution is -0.532. The van der Waals surface area contributed by atoms with Crippen molar-refractivity contribution in [2.24, 2.45) is 5.92 Å². The lowest BCUT2D eigenvalue weighted by Gasteiger charge is -2.46. The molecule has 32 heavy (non-hydrogen) atoms. The molecule has 0 aromatic carbocycles. The Balaban J connectivity index is 2.32. The standard InChI is InChI=1S/C14H26O17S/c1-5-8(16)6(3-15)25-14(10(5)28-31-19)27-11-7(4-24-30-18)26-13(23-2)12(9(11)17)29-32(20,21)22/h5-19H,3-4H2,1-2H3,(H,20,21,22)/t5-,6?,7?,8+,9-,10?,11-,12?,13+,14-/m0/s1. The molecule has 17 nitrogen and oxygen atoms in total. The van der Waals surface area contributed by atoms with Gasteiger partial charge in [0.1, 0.15) is 31.0 Å². The minimum absolute atomic E-state index is 0.604. The van der Waals surface area contributed by atoms with Crippen molar-refractivity contribution in [3.05, 3.63) is 0 Å². The van der Waals surface area contributed by atoms with Gasteiger partial charge in [0.2, 0.25) is 0 Å². The van der Waals surface area contributed by atoms with E-state index < -0.39 is 84.8 Å². The summed E-state index contributed by atoms with van der Waals surface area (Å²) in [5, 5.41) is 54.7. The maximum atomic E-state index is 11.2. The Labute approximate surface area is 181 Å². The Hall–Kier alpha value is -0.650. The van der Waals surface area contributed by atoms with E-state index in [0.717, 1.165) is 7.11 Å². The molecule has 0 spiro atoms. The van der Waals surface area contributed by atoms with Crippen LogP contribution in [0, 0.1) is 5.92 Å². The maximum Gasteiger partial charge on any atom is 0.397 e. The molecule has 0 radical (unpaired) electrons. The normalized spacial score (nSPS) is 41.0. The molecule has 0 aromatic rings. The molecule has 2 fully saturated rings. The van der Waals surface area contributed by atoms with E-state index in [-0.39, 0.29) is 0 Å². The van der Waals surface area contributed by atoms with Gasteiger partial charge in [-0.15, -0.1) is 0 Å². The van der Waals surface area contributed by atoms with E-state index in [1.165, 1.54) is 6.92 Å². The quantitative estimate of drug-likeness (QED) is 0.0958. The second-order valence-electron chi connectivity index (χ2n) is 6.93. The van der Waals surface area contributed by atoms with Gasteiger partial charge in [0, 0.05) is 13.0 Å². The molecule has 0 amide bonds. The average molecular weight is 498 g/mol. The number of methoxy groups -OCH3 is 1. The summed E-state index contributed by atoms with van der Waals surface area (Å²) >= 11 is 0. The first-order chi connectivity index (χ1) is 15.1. The molecular weight excluding hydrogens is 472 g/mol. The molecule has 0 bridgehead atoms. The Morgan fingerprint density at radius 3 is 2.12 bits per heavy atom. The number of aliphatic hydroxyl groups is 3. The molecular formula is C14H26O17S. The van der Waals surface area contributed by atoms with E-state index >= 15 is 0 Å².